The fraction of sp³-hybridized carbons (Fsp3) is 0.222. The third-order valence-electron chi connectivity index (χ3n) is 4.03. The number of benzene rings is 2. The average molecular weight is 395 g/mol. The molecule has 0 spiro atoms. The SMILES string of the molecule is COc1ccc(N[C@@H]2CC(=O)N(c3ccc(OC)c(Cl)c3)C2=O)cc1Cl. The largest absolute Gasteiger partial charge is 0.495 e. The van der Waals surface area contributed by atoms with Crippen LogP contribution in [0.2, 0.25) is 10.0 Å². The highest BCUT2D eigenvalue weighted by molar-refractivity contribution is 6.33. The number of anilines is 2. The number of imide groups is 1. The van der Waals surface area contributed by atoms with Gasteiger partial charge in [-0.25, -0.2) is 4.90 Å². The zero-order valence-electron chi connectivity index (χ0n) is 14.1. The third-order valence-corrected chi connectivity index (χ3v) is 4.62. The van der Waals surface area contributed by atoms with E-state index in [2.05, 4.69) is 5.32 Å². The summed E-state index contributed by atoms with van der Waals surface area (Å²) in [5.41, 5.74) is 1.03. The van der Waals surface area contributed by atoms with Gasteiger partial charge in [0.15, 0.2) is 0 Å². The Kier molecular flexibility index (Phi) is 5.25. The highest BCUT2D eigenvalue weighted by Crippen LogP contribution is 2.33. The summed E-state index contributed by atoms with van der Waals surface area (Å²) in [5, 5.41) is 3.77. The molecule has 1 fully saturated rings. The van der Waals surface area contributed by atoms with Crippen molar-refractivity contribution >= 4 is 46.4 Å². The lowest BCUT2D eigenvalue weighted by Gasteiger charge is -2.17. The minimum absolute atomic E-state index is 0.0339. The van der Waals surface area contributed by atoms with Crippen molar-refractivity contribution in [3.05, 3.63) is 46.4 Å². The van der Waals surface area contributed by atoms with Gasteiger partial charge in [-0.2, -0.15) is 0 Å². The molecule has 1 aliphatic rings. The first-order valence-electron chi connectivity index (χ1n) is 7.75. The number of nitrogens with one attached hydrogen (secondary N) is 1. The molecule has 1 aliphatic heterocycles. The standard InChI is InChI=1S/C18H16Cl2N2O4/c1-25-15-5-3-10(7-12(15)19)21-14-9-17(23)22(18(14)24)11-4-6-16(26-2)13(20)8-11/h3-8,14,21H,9H2,1-2H3/t14-/m1/s1. The second-order valence-corrected chi connectivity index (χ2v) is 6.45. The summed E-state index contributed by atoms with van der Waals surface area (Å²) in [7, 11) is 3.01. The number of methoxy groups -OCH3 is 2. The van der Waals surface area contributed by atoms with E-state index in [1.165, 1.54) is 20.3 Å². The molecule has 0 aliphatic carbocycles. The van der Waals surface area contributed by atoms with Gasteiger partial charge in [-0.3, -0.25) is 9.59 Å². The molecule has 1 N–H and O–H groups in total. The molecule has 136 valence electrons. The van der Waals surface area contributed by atoms with Crippen LogP contribution in [0.15, 0.2) is 36.4 Å². The summed E-state index contributed by atoms with van der Waals surface area (Å²) < 4.78 is 10.2. The number of hydrogen-bond donors (Lipinski definition) is 1. The minimum Gasteiger partial charge on any atom is -0.495 e. The van der Waals surface area contributed by atoms with Gasteiger partial charge in [-0.1, -0.05) is 23.2 Å². The first-order chi connectivity index (χ1) is 12.4. The van der Waals surface area contributed by atoms with Crippen LogP contribution in [0.1, 0.15) is 6.42 Å². The Morgan fingerprint density at radius 2 is 1.62 bits per heavy atom. The zero-order valence-corrected chi connectivity index (χ0v) is 15.6. The van der Waals surface area contributed by atoms with Crippen LogP contribution in [-0.2, 0) is 9.59 Å². The molecule has 2 amide bonds. The van der Waals surface area contributed by atoms with Crippen LogP contribution in [0, 0.1) is 0 Å². The number of ether oxygens (including phenoxy) is 2. The molecule has 0 unspecified atom stereocenters. The quantitative estimate of drug-likeness (QED) is 0.781. The van der Waals surface area contributed by atoms with E-state index < -0.39 is 6.04 Å². The van der Waals surface area contributed by atoms with E-state index in [1.807, 2.05) is 0 Å². The summed E-state index contributed by atoms with van der Waals surface area (Å²) in [6, 6.07) is 9.14. The van der Waals surface area contributed by atoms with Crippen LogP contribution in [0.5, 0.6) is 11.5 Å². The minimum atomic E-state index is -0.687. The molecule has 26 heavy (non-hydrogen) atoms. The van der Waals surface area contributed by atoms with Crippen LogP contribution in [0.4, 0.5) is 11.4 Å². The van der Waals surface area contributed by atoms with Crippen LogP contribution >= 0.6 is 23.2 Å². The van der Waals surface area contributed by atoms with Crippen molar-refractivity contribution < 1.29 is 19.1 Å². The van der Waals surface area contributed by atoms with E-state index in [0.717, 1.165) is 4.90 Å². The lowest BCUT2D eigenvalue weighted by atomic mass is 10.2. The van der Waals surface area contributed by atoms with Gasteiger partial charge < -0.3 is 14.8 Å². The van der Waals surface area contributed by atoms with Crippen molar-refractivity contribution in [2.45, 2.75) is 12.5 Å². The number of halogens is 2. The molecular weight excluding hydrogens is 379 g/mol. The Balaban J connectivity index is 1.80. The number of amides is 2. The topological polar surface area (TPSA) is 67.9 Å². The Labute approximate surface area is 160 Å². The second kappa shape index (κ2) is 7.43. The first-order valence-corrected chi connectivity index (χ1v) is 8.50. The molecular formula is C18H16Cl2N2O4. The van der Waals surface area contributed by atoms with Gasteiger partial charge in [0, 0.05) is 5.69 Å². The van der Waals surface area contributed by atoms with Crippen molar-refractivity contribution in [1.29, 1.82) is 0 Å². The predicted octanol–water partition coefficient (Wildman–Crippen LogP) is 3.75. The fourth-order valence-electron chi connectivity index (χ4n) is 2.77. The highest BCUT2D eigenvalue weighted by atomic mass is 35.5. The van der Waals surface area contributed by atoms with Gasteiger partial charge >= 0.3 is 0 Å². The Bertz CT molecular complexity index is 872. The van der Waals surface area contributed by atoms with E-state index in [0.29, 0.717) is 32.9 Å². The van der Waals surface area contributed by atoms with Gasteiger partial charge in [-0.15, -0.1) is 0 Å². The van der Waals surface area contributed by atoms with Crippen LogP contribution in [-0.4, -0.2) is 32.1 Å². The molecule has 1 saturated heterocycles. The maximum Gasteiger partial charge on any atom is 0.256 e. The van der Waals surface area contributed by atoms with Gasteiger partial charge in [0.2, 0.25) is 5.91 Å². The summed E-state index contributed by atoms with van der Waals surface area (Å²) in [5.74, 6) is 0.328. The van der Waals surface area contributed by atoms with Crippen molar-refractivity contribution in [3.8, 4) is 11.5 Å². The summed E-state index contributed by atoms with van der Waals surface area (Å²) in [6.07, 6.45) is 0.0339. The average Bonchev–Trinajstić information content (AvgIpc) is 2.88. The normalized spacial score (nSPS) is 16.8. The van der Waals surface area contributed by atoms with E-state index in [4.69, 9.17) is 32.7 Å². The zero-order chi connectivity index (χ0) is 18.8. The number of nitrogens with zero attached hydrogens (tertiary/aromatic N) is 1. The van der Waals surface area contributed by atoms with Crippen molar-refractivity contribution in [2.24, 2.45) is 0 Å². The third kappa shape index (κ3) is 3.43. The number of carbonyl (C=O) groups is 2. The van der Waals surface area contributed by atoms with Crippen LogP contribution in [0.3, 0.4) is 0 Å². The number of hydrogen-bond acceptors (Lipinski definition) is 5. The second-order valence-electron chi connectivity index (χ2n) is 5.64. The molecule has 0 aromatic heterocycles. The number of rotatable bonds is 5. The Hall–Kier alpha value is -2.44. The molecule has 1 atom stereocenters. The molecule has 3 rings (SSSR count). The molecule has 1 heterocycles. The summed E-state index contributed by atoms with van der Waals surface area (Å²) >= 11 is 12.2. The van der Waals surface area contributed by atoms with E-state index >= 15 is 0 Å². The molecule has 0 bridgehead atoms. The number of carbonyl (C=O) groups excluding carboxylic acids is 2. The van der Waals surface area contributed by atoms with Gasteiger partial charge in [0.1, 0.15) is 17.5 Å². The van der Waals surface area contributed by atoms with Crippen LogP contribution in [0.25, 0.3) is 0 Å². The van der Waals surface area contributed by atoms with Crippen molar-refractivity contribution in [3.63, 3.8) is 0 Å². The smallest absolute Gasteiger partial charge is 0.256 e. The highest BCUT2D eigenvalue weighted by Gasteiger charge is 2.39. The summed E-state index contributed by atoms with van der Waals surface area (Å²) in [6.45, 7) is 0. The lowest BCUT2D eigenvalue weighted by Crippen LogP contribution is -2.34. The Morgan fingerprint density at radius 1 is 1.00 bits per heavy atom. The molecule has 8 heteroatoms. The maximum atomic E-state index is 12.7. The van der Waals surface area contributed by atoms with E-state index in [-0.39, 0.29) is 18.2 Å². The van der Waals surface area contributed by atoms with Gasteiger partial charge in [0.25, 0.3) is 5.91 Å². The van der Waals surface area contributed by atoms with E-state index in [1.54, 1.807) is 30.3 Å². The van der Waals surface area contributed by atoms with E-state index in [9.17, 15) is 9.59 Å². The molecule has 2 aromatic carbocycles. The molecule has 0 radical (unpaired) electrons. The predicted molar refractivity (Wildman–Crippen MR) is 101 cm³/mol. The monoisotopic (exact) mass is 394 g/mol. The van der Waals surface area contributed by atoms with Crippen molar-refractivity contribution in [2.75, 3.05) is 24.4 Å². The Morgan fingerprint density at radius 3 is 2.19 bits per heavy atom. The fourth-order valence-corrected chi connectivity index (χ4v) is 3.28. The maximum absolute atomic E-state index is 12.7. The molecule has 6 nitrogen and oxygen atoms in total. The van der Waals surface area contributed by atoms with Crippen molar-refractivity contribution in [1.82, 2.24) is 0 Å². The van der Waals surface area contributed by atoms with Gasteiger partial charge in [-0.05, 0) is 36.4 Å². The summed E-state index contributed by atoms with van der Waals surface area (Å²) in [4.78, 5) is 26.2. The van der Waals surface area contributed by atoms with Crippen LogP contribution < -0.4 is 19.7 Å². The lowest BCUT2D eigenvalue weighted by molar-refractivity contribution is -0.121. The molecule has 2 aromatic rings. The van der Waals surface area contributed by atoms with Gasteiger partial charge in [0.05, 0.1) is 36.4 Å². The molecule has 0 saturated carbocycles. The first kappa shape index (κ1) is 18.4.